The Hall–Kier alpha value is -3.78. The van der Waals surface area contributed by atoms with E-state index in [0.717, 1.165) is 24.0 Å². The van der Waals surface area contributed by atoms with Gasteiger partial charge in [-0.2, -0.15) is 0 Å². The molecule has 14 heteroatoms. The number of hydrogen-bond acceptors (Lipinski definition) is 14. The van der Waals surface area contributed by atoms with E-state index in [4.69, 9.17) is 23.7 Å². The maximum atomic E-state index is 13.1. The van der Waals surface area contributed by atoms with Crippen molar-refractivity contribution in [1.82, 2.24) is 0 Å². The van der Waals surface area contributed by atoms with Crippen LogP contribution in [0.15, 0.2) is 23.3 Å². The van der Waals surface area contributed by atoms with E-state index < -0.39 is 52.6 Å². The van der Waals surface area contributed by atoms with E-state index in [1.165, 1.54) is 28.4 Å². The normalized spacial score (nSPS) is 44.8. The Morgan fingerprint density at radius 1 is 0.600 bits per heavy atom. The minimum absolute atomic E-state index is 0.0229. The molecule has 0 saturated heterocycles. The summed E-state index contributed by atoms with van der Waals surface area (Å²) in [5, 5.41) is 21.4. The van der Waals surface area contributed by atoms with Gasteiger partial charge in [-0.25, -0.2) is 9.59 Å². The highest BCUT2D eigenvalue weighted by Crippen LogP contribution is 2.67. The Labute approximate surface area is 352 Å². The highest BCUT2D eigenvalue weighted by atomic mass is 16.7. The first-order valence-corrected chi connectivity index (χ1v) is 21.8. The number of carbonyl (C=O) groups excluding carboxylic acids is 6. The van der Waals surface area contributed by atoms with Gasteiger partial charge in [-0.15, -0.1) is 0 Å². The average Bonchev–Trinajstić information content (AvgIpc) is 3.69. The monoisotopic (exact) mass is 840 g/mol. The van der Waals surface area contributed by atoms with Crippen molar-refractivity contribution in [2.45, 2.75) is 129 Å². The second-order valence-corrected chi connectivity index (χ2v) is 19.9. The Bertz CT molecular complexity index is 1840. The molecule has 0 spiro atoms. The van der Waals surface area contributed by atoms with Crippen molar-refractivity contribution < 1.29 is 67.4 Å². The molecule has 8 aliphatic carbocycles. The topological polar surface area (TPSA) is 198 Å². The highest BCUT2D eigenvalue weighted by molar-refractivity contribution is 5.88. The molecule has 2 N–H and O–H groups in total. The van der Waals surface area contributed by atoms with Crippen LogP contribution in [-0.2, 0) is 47.6 Å². The van der Waals surface area contributed by atoms with Crippen LogP contribution in [0.2, 0.25) is 0 Å². The number of fused-ring (bicyclic) bond motifs is 10. The van der Waals surface area contributed by atoms with E-state index in [2.05, 4.69) is 18.6 Å². The summed E-state index contributed by atoms with van der Waals surface area (Å²) in [5.74, 6) is -1.81. The molecule has 14 nitrogen and oxygen atoms in total. The minimum atomic E-state index is -0.798. The smallest absolute Gasteiger partial charge is 0.469 e. The zero-order chi connectivity index (χ0) is 43.7. The van der Waals surface area contributed by atoms with Gasteiger partial charge in [0.15, 0.2) is 0 Å². The quantitative estimate of drug-likeness (QED) is 0.188. The van der Waals surface area contributed by atoms with Crippen LogP contribution in [0, 0.1) is 69.0 Å². The van der Waals surface area contributed by atoms with Crippen molar-refractivity contribution >= 4 is 35.8 Å². The van der Waals surface area contributed by atoms with E-state index in [9.17, 15) is 39.0 Å². The lowest BCUT2D eigenvalue weighted by atomic mass is 9.45. The predicted molar refractivity (Wildman–Crippen MR) is 213 cm³/mol. The summed E-state index contributed by atoms with van der Waals surface area (Å²) in [6, 6.07) is 0. The van der Waals surface area contributed by atoms with Gasteiger partial charge in [0.2, 0.25) is 0 Å². The summed E-state index contributed by atoms with van der Waals surface area (Å²) in [5.41, 5.74) is 0.218. The van der Waals surface area contributed by atoms with Gasteiger partial charge in [-0.05, 0) is 98.2 Å². The fourth-order valence-corrected chi connectivity index (χ4v) is 14.3. The lowest BCUT2D eigenvalue weighted by Gasteiger charge is -2.60. The van der Waals surface area contributed by atoms with Crippen LogP contribution in [-0.4, -0.2) is 98.9 Å². The number of ketones is 2. The van der Waals surface area contributed by atoms with Gasteiger partial charge in [0.05, 0.1) is 52.5 Å². The first-order valence-electron chi connectivity index (χ1n) is 21.8. The van der Waals surface area contributed by atoms with Gasteiger partial charge in [0.25, 0.3) is 0 Å². The molecule has 8 rings (SSSR count). The SMILES string of the molecule is COC(=O)O[C@H]1CC[C@@]2(C)C(=C[C@@H](C(=O)OC)C3C2[C@H](OC(=O)OC)C[C@]2(C)C(=O)CCC32)C1.COC(=O)[C@@H]1C=C2C[C@@H](O)CC[C@]2(C)C2C1C1CCC(=O)[C@@]1(C)C[C@H]2O. The van der Waals surface area contributed by atoms with Crippen LogP contribution in [0.4, 0.5) is 9.59 Å². The number of methoxy groups -OCH3 is 4. The Kier molecular flexibility index (Phi) is 11.9. The molecule has 0 amide bonds. The van der Waals surface area contributed by atoms with Crippen LogP contribution in [0.5, 0.6) is 0 Å². The zero-order valence-electron chi connectivity index (χ0n) is 36.4. The molecular formula is C46H64O14. The molecule has 60 heavy (non-hydrogen) atoms. The molecule has 0 heterocycles. The van der Waals surface area contributed by atoms with Crippen LogP contribution in [0.1, 0.15) is 105 Å². The van der Waals surface area contributed by atoms with Gasteiger partial charge in [-0.3, -0.25) is 19.2 Å². The molecule has 332 valence electrons. The van der Waals surface area contributed by atoms with Crippen LogP contribution in [0.3, 0.4) is 0 Å². The van der Waals surface area contributed by atoms with Crippen molar-refractivity contribution in [1.29, 1.82) is 0 Å². The lowest BCUT2D eigenvalue weighted by molar-refractivity contribution is -0.168. The maximum absolute atomic E-state index is 13.1. The molecule has 0 aromatic carbocycles. The first-order chi connectivity index (χ1) is 28.3. The third-order valence-corrected chi connectivity index (χ3v) is 17.3. The molecule has 0 bridgehead atoms. The number of aliphatic hydroxyl groups excluding tert-OH is 2. The van der Waals surface area contributed by atoms with E-state index in [1.54, 1.807) is 0 Å². The van der Waals surface area contributed by atoms with Crippen LogP contribution < -0.4 is 0 Å². The minimum Gasteiger partial charge on any atom is -0.469 e. The number of hydrogen-bond donors (Lipinski definition) is 2. The van der Waals surface area contributed by atoms with Crippen LogP contribution in [0.25, 0.3) is 0 Å². The van der Waals surface area contributed by atoms with E-state index >= 15 is 0 Å². The van der Waals surface area contributed by atoms with Crippen molar-refractivity contribution in [3.63, 3.8) is 0 Å². The Morgan fingerprint density at radius 2 is 1.08 bits per heavy atom. The van der Waals surface area contributed by atoms with Crippen LogP contribution >= 0.6 is 0 Å². The third kappa shape index (κ3) is 6.99. The third-order valence-electron chi connectivity index (χ3n) is 17.3. The molecule has 6 unspecified atom stereocenters. The molecule has 0 aromatic heterocycles. The number of Topliss-reactive ketones (excluding diaryl/α,β-unsaturated/α-hetero) is 2. The largest absolute Gasteiger partial charge is 0.508 e. The summed E-state index contributed by atoms with van der Waals surface area (Å²) in [7, 11) is 5.29. The average molecular weight is 841 g/mol. The van der Waals surface area contributed by atoms with Gasteiger partial charge in [-0.1, -0.05) is 51.0 Å². The second kappa shape index (κ2) is 16.2. The van der Waals surface area contributed by atoms with E-state index in [1.807, 2.05) is 26.0 Å². The molecule has 6 fully saturated rings. The Balaban J connectivity index is 0.000000188. The molecule has 0 aromatic rings. The predicted octanol–water partition coefficient (Wildman–Crippen LogP) is 6.08. The Morgan fingerprint density at radius 3 is 1.63 bits per heavy atom. The van der Waals surface area contributed by atoms with E-state index in [-0.39, 0.29) is 76.6 Å². The maximum Gasteiger partial charge on any atom is 0.508 e. The van der Waals surface area contributed by atoms with Gasteiger partial charge >= 0.3 is 24.2 Å². The molecule has 16 atom stereocenters. The summed E-state index contributed by atoms with van der Waals surface area (Å²) in [4.78, 5) is 75.4. The molecule has 6 saturated carbocycles. The van der Waals surface area contributed by atoms with Crippen molar-refractivity contribution in [3.05, 3.63) is 23.3 Å². The van der Waals surface area contributed by atoms with Crippen molar-refractivity contribution in [3.8, 4) is 0 Å². The summed E-state index contributed by atoms with van der Waals surface area (Å²) >= 11 is 0. The van der Waals surface area contributed by atoms with Gasteiger partial charge < -0.3 is 38.6 Å². The lowest BCUT2D eigenvalue weighted by Crippen LogP contribution is -2.60. The number of carbonyl (C=O) groups is 6. The number of aliphatic hydroxyl groups is 2. The van der Waals surface area contributed by atoms with Crippen molar-refractivity contribution in [2.24, 2.45) is 69.0 Å². The number of rotatable bonds is 4. The molecule has 0 radical (unpaired) electrons. The molecule has 0 aliphatic heterocycles. The van der Waals surface area contributed by atoms with E-state index in [0.29, 0.717) is 64.2 Å². The van der Waals surface area contributed by atoms with Crippen molar-refractivity contribution in [2.75, 3.05) is 28.4 Å². The second-order valence-electron chi connectivity index (χ2n) is 19.9. The fraction of sp³-hybridized carbons (Fsp3) is 0.783. The fourth-order valence-electron chi connectivity index (χ4n) is 14.3. The number of ether oxygens (including phenoxy) is 6. The molecule has 8 aliphatic rings. The first kappa shape index (κ1) is 44.3. The summed E-state index contributed by atoms with van der Waals surface area (Å²) in [6.45, 7) is 8.23. The highest BCUT2D eigenvalue weighted by Gasteiger charge is 2.67. The summed E-state index contributed by atoms with van der Waals surface area (Å²) < 4.78 is 31.0. The zero-order valence-corrected chi connectivity index (χ0v) is 36.4. The van der Waals surface area contributed by atoms with Gasteiger partial charge in [0, 0.05) is 36.0 Å². The summed E-state index contributed by atoms with van der Waals surface area (Å²) in [6.07, 6.45) is 7.64. The molecular weight excluding hydrogens is 776 g/mol. The van der Waals surface area contributed by atoms with Gasteiger partial charge in [0.1, 0.15) is 23.8 Å². The number of esters is 2. The standard InChI is InChI=1S/C25H34O9.C21H30O5/c1-24-9-8-14(33-22(28)31-4)10-13(24)11-15(21(27)30-3)19-16-6-7-18(26)25(16,2)12-17(20(19)24)34-23(29)32-5;1-20-7-6-12(22)8-11(20)9-13(19(25)26-3)17-14-4-5-16(24)21(14,2)10-15(23)18(17)20/h11,14-17,19-20H,6-10,12H2,1-5H3;9,12-15,17-18,22-23H,4-8,10H2,1-3H3/t14-,15+,16?,17+,19?,20?,24-,25-;12-,13+,14?,15+,17?,18?,20-,21-/m00/s1.